The van der Waals surface area contributed by atoms with Gasteiger partial charge in [0.2, 0.25) is 5.91 Å². The molecule has 0 spiro atoms. The van der Waals surface area contributed by atoms with Crippen LogP contribution in [-0.4, -0.2) is 60.9 Å². The number of hydrogen-bond donors (Lipinski definition) is 0. The van der Waals surface area contributed by atoms with E-state index in [2.05, 4.69) is 60.0 Å². The van der Waals surface area contributed by atoms with Crippen molar-refractivity contribution in [2.24, 2.45) is 17.8 Å². The van der Waals surface area contributed by atoms with Gasteiger partial charge >= 0.3 is 0 Å². The topological polar surface area (TPSA) is 26.8 Å². The van der Waals surface area contributed by atoms with Crippen molar-refractivity contribution in [1.29, 1.82) is 0 Å². The van der Waals surface area contributed by atoms with Crippen molar-refractivity contribution in [2.75, 3.05) is 40.3 Å². The third-order valence-corrected chi connectivity index (χ3v) is 6.62. The summed E-state index contributed by atoms with van der Waals surface area (Å²) in [5.41, 5.74) is 2.76. The van der Waals surface area contributed by atoms with E-state index in [0.717, 1.165) is 32.7 Å². The van der Waals surface area contributed by atoms with Gasteiger partial charge in [-0.1, -0.05) is 24.3 Å². The van der Waals surface area contributed by atoms with Crippen LogP contribution in [0.2, 0.25) is 0 Å². The van der Waals surface area contributed by atoms with Crippen LogP contribution in [0.4, 0.5) is 0 Å². The fourth-order valence-electron chi connectivity index (χ4n) is 4.72. The number of piperidine rings is 1. The molecular weight excluding hydrogens is 310 g/mol. The van der Waals surface area contributed by atoms with Crippen LogP contribution in [0, 0.1) is 17.8 Å². The second-order valence-electron chi connectivity index (χ2n) is 8.46. The molecule has 1 saturated carbocycles. The van der Waals surface area contributed by atoms with Crippen molar-refractivity contribution in [1.82, 2.24) is 14.7 Å². The van der Waals surface area contributed by atoms with Gasteiger partial charge in [0.15, 0.2) is 0 Å². The van der Waals surface area contributed by atoms with Gasteiger partial charge < -0.3 is 9.80 Å². The van der Waals surface area contributed by atoms with Crippen molar-refractivity contribution in [3.05, 3.63) is 35.4 Å². The van der Waals surface area contributed by atoms with Crippen molar-refractivity contribution in [2.45, 2.75) is 32.4 Å². The van der Waals surface area contributed by atoms with Gasteiger partial charge in [-0.15, -0.1) is 0 Å². The van der Waals surface area contributed by atoms with Crippen LogP contribution >= 0.6 is 0 Å². The van der Waals surface area contributed by atoms with Gasteiger partial charge in [0.25, 0.3) is 0 Å². The van der Waals surface area contributed by atoms with E-state index in [1.807, 2.05) is 0 Å². The van der Waals surface area contributed by atoms with Crippen molar-refractivity contribution in [3.8, 4) is 0 Å². The lowest BCUT2D eigenvalue weighted by Gasteiger charge is -2.23. The molecule has 2 saturated heterocycles. The molecule has 0 bridgehead atoms. The van der Waals surface area contributed by atoms with Crippen molar-refractivity contribution in [3.63, 3.8) is 0 Å². The first-order valence-electron chi connectivity index (χ1n) is 9.81. The first kappa shape index (κ1) is 17.0. The Morgan fingerprint density at radius 2 is 1.72 bits per heavy atom. The molecule has 136 valence electrons. The minimum Gasteiger partial charge on any atom is -0.342 e. The van der Waals surface area contributed by atoms with Crippen LogP contribution < -0.4 is 0 Å². The minimum atomic E-state index is 0.345. The summed E-state index contributed by atoms with van der Waals surface area (Å²) in [5, 5.41) is 0. The molecule has 3 fully saturated rings. The van der Waals surface area contributed by atoms with E-state index in [1.54, 1.807) is 0 Å². The van der Waals surface area contributed by atoms with Crippen LogP contribution in [0.25, 0.3) is 0 Å². The molecule has 0 radical (unpaired) electrons. The zero-order chi connectivity index (χ0) is 17.6. The third kappa shape index (κ3) is 3.34. The summed E-state index contributed by atoms with van der Waals surface area (Å²) in [6.45, 7) is 7.46. The standard InChI is InChI=1S/C21H31N3O/c1-15(22(2)3)17-8-6-16(7-9-17)12-23-13-18-19(14-23)20(18)21(25)24-10-4-5-11-24/h6-9,15,18-20H,4-5,10-14H2,1-3H3/t15?,18-,19+,20?. The molecule has 1 aromatic rings. The van der Waals surface area contributed by atoms with Gasteiger partial charge in [0, 0.05) is 44.7 Å². The normalized spacial score (nSPS) is 29.9. The fraction of sp³-hybridized carbons (Fsp3) is 0.667. The quantitative estimate of drug-likeness (QED) is 0.824. The summed E-state index contributed by atoms with van der Waals surface area (Å²) >= 11 is 0. The van der Waals surface area contributed by atoms with Crippen molar-refractivity contribution >= 4 is 5.91 Å². The Labute approximate surface area is 151 Å². The molecule has 2 heterocycles. The molecule has 2 aliphatic heterocycles. The number of amides is 1. The molecule has 3 aliphatic rings. The lowest BCUT2D eigenvalue weighted by molar-refractivity contribution is -0.132. The number of benzene rings is 1. The van der Waals surface area contributed by atoms with E-state index in [9.17, 15) is 4.79 Å². The predicted molar refractivity (Wildman–Crippen MR) is 100 cm³/mol. The maximum atomic E-state index is 12.5. The highest BCUT2D eigenvalue weighted by atomic mass is 16.2. The number of rotatable bonds is 5. The lowest BCUT2D eigenvalue weighted by Crippen LogP contribution is -2.33. The lowest BCUT2D eigenvalue weighted by atomic mass is 10.1. The average molecular weight is 341 g/mol. The molecule has 2 unspecified atom stereocenters. The number of carbonyl (C=O) groups excluding carboxylic acids is 1. The first-order valence-corrected chi connectivity index (χ1v) is 9.81. The van der Waals surface area contributed by atoms with Crippen LogP contribution in [0.3, 0.4) is 0 Å². The maximum absolute atomic E-state index is 12.5. The fourth-order valence-corrected chi connectivity index (χ4v) is 4.72. The second-order valence-corrected chi connectivity index (χ2v) is 8.46. The largest absolute Gasteiger partial charge is 0.342 e. The number of fused-ring (bicyclic) bond motifs is 1. The molecule has 0 aromatic heterocycles. The van der Waals surface area contributed by atoms with Gasteiger partial charge in [-0.05, 0) is 56.8 Å². The monoisotopic (exact) mass is 341 g/mol. The zero-order valence-corrected chi connectivity index (χ0v) is 15.8. The summed E-state index contributed by atoms with van der Waals surface area (Å²) in [5.74, 6) is 2.05. The summed E-state index contributed by atoms with van der Waals surface area (Å²) in [4.78, 5) is 19.4. The second kappa shape index (κ2) is 6.73. The molecule has 1 amide bonds. The Bertz CT molecular complexity index is 609. The average Bonchev–Trinajstić information content (AvgIpc) is 3.01. The number of hydrogen-bond acceptors (Lipinski definition) is 3. The molecule has 4 nitrogen and oxygen atoms in total. The molecule has 4 heteroatoms. The van der Waals surface area contributed by atoms with E-state index in [0.29, 0.717) is 29.7 Å². The third-order valence-electron chi connectivity index (χ3n) is 6.62. The van der Waals surface area contributed by atoms with Crippen LogP contribution in [0.1, 0.15) is 36.9 Å². The first-order chi connectivity index (χ1) is 12.0. The Balaban J connectivity index is 1.28. The highest BCUT2D eigenvalue weighted by molar-refractivity contribution is 5.83. The van der Waals surface area contributed by atoms with Gasteiger partial charge in [0.05, 0.1) is 0 Å². The minimum absolute atomic E-state index is 0.345. The molecular formula is C21H31N3O. The molecule has 4 rings (SSSR count). The van der Waals surface area contributed by atoms with Gasteiger partial charge in [-0.2, -0.15) is 0 Å². The van der Waals surface area contributed by atoms with E-state index in [4.69, 9.17) is 0 Å². The maximum Gasteiger partial charge on any atom is 0.226 e. The molecule has 0 N–H and O–H groups in total. The Morgan fingerprint density at radius 3 is 2.28 bits per heavy atom. The van der Waals surface area contributed by atoms with Gasteiger partial charge in [-0.3, -0.25) is 9.69 Å². The number of nitrogens with zero attached hydrogens (tertiary/aromatic N) is 3. The van der Waals surface area contributed by atoms with Crippen LogP contribution in [-0.2, 0) is 11.3 Å². The van der Waals surface area contributed by atoms with Crippen molar-refractivity contribution < 1.29 is 4.79 Å². The predicted octanol–water partition coefficient (Wildman–Crippen LogP) is 2.61. The molecule has 1 aromatic carbocycles. The van der Waals surface area contributed by atoms with Gasteiger partial charge in [0.1, 0.15) is 0 Å². The molecule has 25 heavy (non-hydrogen) atoms. The van der Waals surface area contributed by atoms with E-state index < -0.39 is 0 Å². The van der Waals surface area contributed by atoms with Crippen LogP contribution in [0.15, 0.2) is 24.3 Å². The zero-order valence-electron chi connectivity index (χ0n) is 15.8. The Hall–Kier alpha value is -1.39. The van der Waals surface area contributed by atoms with E-state index in [-0.39, 0.29) is 0 Å². The summed E-state index contributed by atoms with van der Waals surface area (Å²) < 4.78 is 0. The smallest absolute Gasteiger partial charge is 0.226 e. The summed E-state index contributed by atoms with van der Waals surface area (Å²) in [7, 11) is 4.24. The molecule has 1 aliphatic carbocycles. The van der Waals surface area contributed by atoms with E-state index in [1.165, 1.54) is 24.0 Å². The van der Waals surface area contributed by atoms with E-state index >= 15 is 0 Å². The highest BCUT2D eigenvalue weighted by Crippen LogP contribution is 2.53. The van der Waals surface area contributed by atoms with Crippen LogP contribution in [0.5, 0.6) is 0 Å². The highest BCUT2D eigenvalue weighted by Gasteiger charge is 2.60. The summed E-state index contributed by atoms with van der Waals surface area (Å²) in [6, 6.07) is 9.51. The van der Waals surface area contributed by atoms with Gasteiger partial charge in [-0.25, -0.2) is 0 Å². The number of likely N-dealkylation sites (tertiary alicyclic amines) is 2. The SMILES string of the molecule is CC(c1ccc(CN2C[C@@H]3C(C(=O)N4CCCC4)[C@@H]3C2)cc1)N(C)C. The molecule has 4 atom stereocenters. The Kier molecular flexibility index (Phi) is 4.59. The summed E-state index contributed by atoms with van der Waals surface area (Å²) in [6.07, 6.45) is 2.39. The number of carbonyl (C=O) groups is 1. The Morgan fingerprint density at radius 1 is 1.12 bits per heavy atom.